The first-order valence-electron chi connectivity index (χ1n) is 9.90. The summed E-state index contributed by atoms with van der Waals surface area (Å²) in [7, 11) is 0. The SMILES string of the molecule is Cc1cc(C)n(CCNC(=O)[C@]2(C)CCCN(C(=O)CCn3ccnc3)C2)n1. The van der Waals surface area contributed by atoms with Gasteiger partial charge in [-0.25, -0.2) is 4.98 Å². The van der Waals surface area contributed by atoms with Crippen molar-refractivity contribution in [2.45, 2.75) is 53.1 Å². The maximum absolute atomic E-state index is 12.8. The number of imidazole rings is 1. The first-order chi connectivity index (χ1) is 13.4. The van der Waals surface area contributed by atoms with E-state index in [4.69, 9.17) is 0 Å². The van der Waals surface area contributed by atoms with E-state index < -0.39 is 5.41 Å². The number of hydrogen-bond acceptors (Lipinski definition) is 4. The van der Waals surface area contributed by atoms with Gasteiger partial charge in [-0.15, -0.1) is 0 Å². The highest BCUT2D eigenvalue weighted by Gasteiger charge is 2.38. The number of rotatable bonds is 7. The molecule has 1 atom stereocenters. The second-order valence-electron chi connectivity index (χ2n) is 7.94. The monoisotopic (exact) mass is 386 g/mol. The van der Waals surface area contributed by atoms with Crippen molar-refractivity contribution in [1.29, 1.82) is 0 Å². The number of hydrogen-bond donors (Lipinski definition) is 1. The van der Waals surface area contributed by atoms with Crippen molar-refractivity contribution in [2.24, 2.45) is 5.41 Å². The number of amides is 2. The van der Waals surface area contributed by atoms with E-state index in [0.717, 1.165) is 30.8 Å². The van der Waals surface area contributed by atoms with Crippen LogP contribution in [0, 0.1) is 19.3 Å². The van der Waals surface area contributed by atoms with Crippen LogP contribution < -0.4 is 5.32 Å². The van der Waals surface area contributed by atoms with Crippen LogP contribution in [-0.2, 0) is 22.7 Å². The van der Waals surface area contributed by atoms with Crippen molar-refractivity contribution in [2.75, 3.05) is 19.6 Å². The largest absolute Gasteiger partial charge is 0.354 e. The lowest BCUT2D eigenvalue weighted by Crippen LogP contribution is -2.52. The molecule has 0 aromatic carbocycles. The van der Waals surface area contributed by atoms with E-state index in [1.54, 1.807) is 12.5 Å². The van der Waals surface area contributed by atoms with Crippen LogP contribution in [0.3, 0.4) is 0 Å². The number of carbonyl (C=O) groups is 2. The van der Waals surface area contributed by atoms with Gasteiger partial charge in [0.25, 0.3) is 0 Å². The average molecular weight is 387 g/mol. The van der Waals surface area contributed by atoms with Gasteiger partial charge in [0.1, 0.15) is 0 Å². The molecule has 0 saturated carbocycles. The number of nitrogens with one attached hydrogen (secondary N) is 1. The van der Waals surface area contributed by atoms with Crippen LogP contribution in [0.1, 0.15) is 37.6 Å². The van der Waals surface area contributed by atoms with Crippen molar-refractivity contribution in [1.82, 2.24) is 29.5 Å². The molecule has 0 radical (unpaired) electrons. The molecule has 3 rings (SSSR count). The summed E-state index contributed by atoms with van der Waals surface area (Å²) in [5.41, 5.74) is 1.52. The molecule has 152 valence electrons. The smallest absolute Gasteiger partial charge is 0.227 e. The number of nitrogens with zero attached hydrogens (tertiary/aromatic N) is 5. The summed E-state index contributed by atoms with van der Waals surface area (Å²) in [6, 6.07) is 2.03. The van der Waals surface area contributed by atoms with E-state index in [1.807, 2.05) is 47.2 Å². The van der Waals surface area contributed by atoms with Crippen LogP contribution in [0.2, 0.25) is 0 Å². The number of aromatic nitrogens is 4. The molecule has 0 spiro atoms. The minimum Gasteiger partial charge on any atom is -0.354 e. The molecule has 8 nitrogen and oxygen atoms in total. The van der Waals surface area contributed by atoms with Crippen LogP contribution >= 0.6 is 0 Å². The molecule has 0 bridgehead atoms. The standard InChI is InChI=1S/C20H30N6O2/c1-16-13-17(2)26(23-16)12-8-22-19(28)20(3)6-4-9-25(14-20)18(27)5-10-24-11-7-21-15-24/h7,11,13,15H,4-6,8-10,12,14H2,1-3H3,(H,22,28)/t20-/m1/s1. The molecule has 3 heterocycles. The van der Waals surface area contributed by atoms with Gasteiger partial charge in [-0.3, -0.25) is 14.3 Å². The molecule has 8 heteroatoms. The van der Waals surface area contributed by atoms with Gasteiger partial charge in [0.2, 0.25) is 11.8 Å². The third-order valence-corrected chi connectivity index (χ3v) is 5.45. The van der Waals surface area contributed by atoms with E-state index in [-0.39, 0.29) is 11.8 Å². The van der Waals surface area contributed by atoms with Crippen molar-refractivity contribution in [3.8, 4) is 0 Å². The molecule has 1 N–H and O–H groups in total. The van der Waals surface area contributed by atoms with Crippen molar-refractivity contribution in [3.05, 3.63) is 36.2 Å². The second kappa shape index (κ2) is 8.58. The molecular formula is C20H30N6O2. The highest BCUT2D eigenvalue weighted by molar-refractivity contribution is 5.84. The summed E-state index contributed by atoms with van der Waals surface area (Å²) >= 11 is 0. The minimum atomic E-state index is -0.544. The fraction of sp³-hybridized carbons (Fsp3) is 0.600. The third-order valence-electron chi connectivity index (χ3n) is 5.45. The van der Waals surface area contributed by atoms with E-state index in [0.29, 0.717) is 32.6 Å². The number of piperidine rings is 1. The zero-order valence-electron chi connectivity index (χ0n) is 17.0. The Morgan fingerprint density at radius 1 is 1.29 bits per heavy atom. The molecule has 1 fully saturated rings. The van der Waals surface area contributed by atoms with Crippen LogP contribution in [0.25, 0.3) is 0 Å². The van der Waals surface area contributed by atoms with E-state index in [9.17, 15) is 9.59 Å². The van der Waals surface area contributed by atoms with Crippen LogP contribution in [0.15, 0.2) is 24.8 Å². The number of likely N-dealkylation sites (tertiary alicyclic amines) is 1. The molecular weight excluding hydrogens is 356 g/mol. The summed E-state index contributed by atoms with van der Waals surface area (Å²) < 4.78 is 3.80. The topological polar surface area (TPSA) is 85.0 Å². The summed E-state index contributed by atoms with van der Waals surface area (Å²) in [4.78, 5) is 31.2. The van der Waals surface area contributed by atoms with Gasteiger partial charge in [-0.05, 0) is 39.7 Å². The first-order valence-corrected chi connectivity index (χ1v) is 9.90. The Labute approximate surface area is 165 Å². The zero-order valence-corrected chi connectivity index (χ0v) is 17.0. The van der Waals surface area contributed by atoms with Gasteiger partial charge in [-0.2, -0.15) is 5.10 Å². The van der Waals surface area contributed by atoms with E-state index in [2.05, 4.69) is 15.4 Å². The lowest BCUT2D eigenvalue weighted by molar-refractivity contribution is -0.140. The Morgan fingerprint density at radius 3 is 2.79 bits per heavy atom. The summed E-state index contributed by atoms with van der Waals surface area (Å²) in [6.45, 7) is 8.92. The van der Waals surface area contributed by atoms with Gasteiger partial charge in [0.05, 0.1) is 24.0 Å². The highest BCUT2D eigenvalue weighted by atomic mass is 16.2. The molecule has 1 aliphatic heterocycles. The predicted octanol–water partition coefficient (Wildman–Crippen LogP) is 1.53. The number of carbonyl (C=O) groups excluding carboxylic acids is 2. The Bertz CT molecular complexity index is 813. The normalized spacial score (nSPS) is 19.6. The zero-order chi connectivity index (χ0) is 20.1. The maximum Gasteiger partial charge on any atom is 0.227 e. The van der Waals surface area contributed by atoms with Crippen molar-refractivity contribution in [3.63, 3.8) is 0 Å². The van der Waals surface area contributed by atoms with Crippen LogP contribution in [0.5, 0.6) is 0 Å². The van der Waals surface area contributed by atoms with Crippen molar-refractivity contribution >= 4 is 11.8 Å². The molecule has 0 aliphatic carbocycles. The average Bonchev–Trinajstić information content (AvgIpc) is 3.29. The lowest BCUT2D eigenvalue weighted by Gasteiger charge is -2.39. The molecule has 2 aromatic rings. The minimum absolute atomic E-state index is 0.0149. The third kappa shape index (κ3) is 4.79. The quantitative estimate of drug-likeness (QED) is 0.782. The van der Waals surface area contributed by atoms with Crippen LogP contribution in [-0.4, -0.2) is 55.7 Å². The lowest BCUT2D eigenvalue weighted by atomic mass is 9.81. The van der Waals surface area contributed by atoms with Crippen molar-refractivity contribution < 1.29 is 9.59 Å². The Morgan fingerprint density at radius 2 is 2.11 bits per heavy atom. The van der Waals surface area contributed by atoms with E-state index >= 15 is 0 Å². The van der Waals surface area contributed by atoms with E-state index in [1.165, 1.54) is 0 Å². The number of aryl methyl sites for hydroxylation is 3. The fourth-order valence-electron chi connectivity index (χ4n) is 3.83. The molecule has 1 aliphatic rings. The van der Waals surface area contributed by atoms with Gasteiger partial charge < -0.3 is 14.8 Å². The predicted molar refractivity (Wildman–Crippen MR) is 105 cm³/mol. The fourth-order valence-corrected chi connectivity index (χ4v) is 3.83. The Hall–Kier alpha value is -2.64. The summed E-state index contributed by atoms with van der Waals surface area (Å²) in [5, 5.41) is 7.46. The van der Waals surface area contributed by atoms with Gasteiger partial charge in [0.15, 0.2) is 0 Å². The summed E-state index contributed by atoms with van der Waals surface area (Å²) in [6.07, 6.45) is 7.33. The first kappa shape index (κ1) is 20.1. The second-order valence-corrected chi connectivity index (χ2v) is 7.94. The molecule has 1 saturated heterocycles. The molecule has 0 unspecified atom stereocenters. The molecule has 28 heavy (non-hydrogen) atoms. The Balaban J connectivity index is 1.49. The molecule has 2 amide bonds. The van der Waals surface area contributed by atoms with Crippen LogP contribution in [0.4, 0.5) is 0 Å². The highest BCUT2D eigenvalue weighted by Crippen LogP contribution is 2.30. The Kier molecular flexibility index (Phi) is 6.16. The molecule has 2 aromatic heterocycles. The summed E-state index contributed by atoms with van der Waals surface area (Å²) in [5.74, 6) is 0.108. The maximum atomic E-state index is 12.8. The van der Waals surface area contributed by atoms with Gasteiger partial charge in [-0.1, -0.05) is 0 Å². The van der Waals surface area contributed by atoms with Gasteiger partial charge >= 0.3 is 0 Å². The van der Waals surface area contributed by atoms with Gasteiger partial charge in [0, 0.05) is 50.7 Å².